The van der Waals surface area contributed by atoms with E-state index in [9.17, 15) is 9.59 Å². The van der Waals surface area contributed by atoms with Crippen molar-refractivity contribution < 1.29 is 14.0 Å². The van der Waals surface area contributed by atoms with Crippen LogP contribution >= 0.6 is 11.3 Å². The molecule has 0 radical (unpaired) electrons. The first-order chi connectivity index (χ1) is 11.6. The number of nitrogens with one attached hydrogen (secondary N) is 1. The Labute approximate surface area is 145 Å². The Balaban J connectivity index is 1.63. The monoisotopic (exact) mass is 346 g/mol. The van der Waals surface area contributed by atoms with Crippen LogP contribution in [0.1, 0.15) is 41.6 Å². The molecule has 24 heavy (non-hydrogen) atoms. The van der Waals surface area contributed by atoms with Gasteiger partial charge < -0.3 is 14.6 Å². The van der Waals surface area contributed by atoms with Gasteiger partial charge in [0, 0.05) is 23.9 Å². The Hall–Kier alpha value is -2.08. The lowest BCUT2D eigenvalue weighted by atomic mass is 10.0. The van der Waals surface area contributed by atoms with E-state index in [1.807, 2.05) is 18.4 Å². The third kappa shape index (κ3) is 3.87. The third-order valence-corrected chi connectivity index (χ3v) is 5.17. The van der Waals surface area contributed by atoms with Crippen LogP contribution in [0.3, 0.4) is 0 Å². The van der Waals surface area contributed by atoms with Gasteiger partial charge in [0.15, 0.2) is 5.76 Å². The first-order valence-electron chi connectivity index (χ1n) is 8.32. The van der Waals surface area contributed by atoms with Gasteiger partial charge in [0.25, 0.3) is 5.91 Å². The van der Waals surface area contributed by atoms with E-state index in [2.05, 4.69) is 11.4 Å². The molecule has 0 aromatic carbocycles. The molecule has 0 saturated carbocycles. The van der Waals surface area contributed by atoms with E-state index in [1.54, 1.807) is 28.4 Å². The highest BCUT2D eigenvalue weighted by molar-refractivity contribution is 7.09. The van der Waals surface area contributed by atoms with Crippen LogP contribution in [0, 0.1) is 0 Å². The fourth-order valence-corrected chi connectivity index (χ4v) is 3.94. The molecule has 1 N–H and O–H groups in total. The number of hydrogen-bond acceptors (Lipinski definition) is 4. The molecule has 0 spiro atoms. The molecule has 3 heterocycles. The van der Waals surface area contributed by atoms with Crippen LogP contribution < -0.4 is 5.32 Å². The lowest BCUT2D eigenvalue weighted by molar-refractivity contribution is -0.127. The Morgan fingerprint density at radius 2 is 2.25 bits per heavy atom. The fourth-order valence-electron chi connectivity index (χ4n) is 3.11. The van der Waals surface area contributed by atoms with E-state index in [0.717, 1.165) is 19.3 Å². The molecule has 6 heteroatoms. The minimum atomic E-state index is -0.415. The van der Waals surface area contributed by atoms with Crippen LogP contribution in [0.15, 0.2) is 40.3 Å². The summed E-state index contributed by atoms with van der Waals surface area (Å²) in [5, 5.41) is 5.10. The highest BCUT2D eigenvalue weighted by atomic mass is 32.1. The zero-order valence-corrected chi connectivity index (χ0v) is 14.6. The van der Waals surface area contributed by atoms with Gasteiger partial charge in [-0.05, 0) is 49.8 Å². The maximum atomic E-state index is 12.7. The predicted octanol–water partition coefficient (Wildman–Crippen LogP) is 3.08. The number of likely N-dealkylation sites (tertiary alicyclic amines) is 1. The van der Waals surface area contributed by atoms with E-state index in [0.29, 0.717) is 18.7 Å². The van der Waals surface area contributed by atoms with Crippen LogP contribution in [0.4, 0.5) is 0 Å². The summed E-state index contributed by atoms with van der Waals surface area (Å²) in [7, 11) is 0. The molecule has 2 aromatic rings. The predicted molar refractivity (Wildman–Crippen MR) is 93.0 cm³/mol. The second-order valence-corrected chi connectivity index (χ2v) is 7.21. The van der Waals surface area contributed by atoms with Crippen molar-refractivity contribution in [1.82, 2.24) is 10.2 Å². The SMILES string of the molecule is CC(Cc1cccs1)NC(=O)C1CCCCN1C(=O)c1ccco1. The lowest BCUT2D eigenvalue weighted by Gasteiger charge is -2.34. The fraction of sp³-hybridized carbons (Fsp3) is 0.444. The first kappa shape index (κ1) is 16.8. The number of hydrogen-bond donors (Lipinski definition) is 1. The molecule has 2 amide bonds. The number of carbonyl (C=O) groups excluding carboxylic acids is 2. The molecule has 2 atom stereocenters. The van der Waals surface area contributed by atoms with E-state index < -0.39 is 6.04 Å². The van der Waals surface area contributed by atoms with Crippen LogP contribution in [-0.4, -0.2) is 35.3 Å². The average molecular weight is 346 g/mol. The van der Waals surface area contributed by atoms with E-state index in [4.69, 9.17) is 4.42 Å². The van der Waals surface area contributed by atoms with Crippen LogP contribution in [0.25, 0.3) is 0 Å². The molecule has 1 saturated heterocycles. The Bertz CT molecular complexity index is 667. The molecule has 5 nitrogen and oxygen atoms in total. The number of thiophene rings is 1. The van der Waals surface area contributed by atoms with Crippen molar-refractivity contribution in [2.45, 2.75) is 44.7 Å². The summed E-state index contributed by atoms with van der Waals surface area (Å²) in [5.41, 5.74) is 0. The molecular weight excluding hydrogens is 324 g/mol. The maximum Gasteiger partial charge on any atom is 0.290 e. The Morgan fingerprint density at radius 1 is 1.38 bits per heavy atom. The summed E-state index contributed by atoms with van der Waals surface area (Å²) in [6, 6.07) is 7.04. The number of piperidine rings is 1. The topological polar surface area (TPSA) is 62.6 Å². The van der Waals surface area contributed by atoms with E-state index >= 15 is 0 Å². The molecule has 0 bridgehead atoms. The van der Waals surface area contributed by atoms with Crippen molar-refractivity contribution in [3.63, 3.8) is 0 Å². The quantitative estimate of drug-likeness (QED) is 0.905. The molecular formula is C18H22N2O3S. The van der Waals surface area contributed by atoms with Crippen LogP contribution in [-0.2, 0) is 11.2 Å². The first-order valence-corrected chi connectivity index (χ1v) is 9.20. The van der Waals surface area contributed by atoms with Crippen LogP contribution in [0.2, 0.25) is 0 Å². The maximum absolute atomic E-state index is 12.7. The van der Waals surface area contributed by atoms with Gasteiger partial charge in [0.1, 0.15) is 6.04 Å². The van der Waals surface area contributed by atoms with E-state index in [-0.39, 0.29) is 17.9 Å². The van der Waals surface area contributed by atoms with Crippen molar-refractivity contribution in [3.05, 3.63) is 46.5 Å². The van der Waals surface area contributed by atoms with Gasteiger partial charge in [-0.3, -0.25) is 9.59 Å². The number of furan rings is 1. The minimum absolute atomic E-state index is 0.0404. The summed E-state index contributed by atoms with van der Waals surface area (Å²) in [5.74, 6) is 0.0192. The molecule has 0 aliphatic carbocycles. The van der Waals surface area contributed by atoms with Gasteiger partial charge in [-0.15, -0.1) is 11.3 Å². The molecule has 1 aliphatic rings. The standard InChI is InChI=1S/C18H22N2O3S/c1-13(12-14-6-5-11-24-14)19-17(21)15-7-2-3-9-20(15)18(22)16-8-4-10-23-16/h4-6,8,10-11,13,15H,2-3,7,9,12H2,1H3,(H,19,21). The van der Waals surface area contributed by atoms with Crippen molar-refractivity contribution in [2.75, 3.05) is 6.54 Å². The number of nitrogens with zero attached hydrogens (tertiary/aromatic N) is 1. The van der Waals surface area contributed by atoms with Crippen molar-refractivity contribution in [1.29, 1.82) is 0 Å². The smallest absolute Gasteiger partial charge is 0.290 e. The number of amides is 2. The largest absolute Gasteiger partial charge is 0.459 e. The molecule has 2 aromatic heterocycles. The summed E-state index contributed by atoms with van der Waals surface area (Å²) in [4.78, 5) is 28.2. The third-order valence-electron chi connectivity index (χ3n) is 4.27. The second kappa shape index (κ2) is 7.66. The summed E-state index contributed by atoms with van der Waals surface area (Å²) in [6.07, 6.45) is 4.86. The normalized spacial score (nSPS) is 19.0. The summed E-state index contributed by atoms with van der Waals surface area (Å²) < 4.78 is 5.21. The Morgan fingerprint density at radius 3 is 2.96 bits per heavy atom. The highest BCUT2D eigenvalue weighted by Gasteiger charge is 2.34. The highest BCUT2D eigenvalue weighted by Crippen LogP contribution is 2.20. The molecule has 128 valence electrons. The van der Waals surface area contributed by atoms with E-state index in [1.165, 1.54) is 11.1 Å². The number of rotatable bonds is 5. The number of carbonyl (C=O) groups is 2. The second-order valence-electron chi connectivity index (χ2n) is 6.18. The Kier molecular flexibility index (Phi) is 5.35. The van der Waals surface area contributed by atoms with Gasteiger partial charge in [0.2, 0.25) is 5.91 Å². The van der Waals surface area contributed by atoms with Gasteiger partial charge in [-0.1, -0.05) is 6.07 Å². The average Bonchev–Trinajstić information content (AvgIpc) is 3.27. The zero-order chi connectivity index (χ0) is 16.9. The lowest BCUT2D eigenvalue weighted by Crippen LogP contribution is -2.53. The van der Waals surface area contributed by atoms with Crippen LogP contribution in [0.5, 0.6) is 0 Å². The van der Waals surface area contributed by atoms with Crippen molar-refractivity contribution in [2.24, 2.45) is 0 Å². The summed E-state index contributed by atoms with van der Waals surface area (Å²) in [6.45, 7) is 2.59. The van der Waals surface area contributed by atoms with Gasteiger partial charge in [0.05, 0.1) is 6.26 Å². The van der Waals surface area contributed by atoms with Crippen molar-refractivity contribution in [3.8, 4) is 0 Å². The molecule has 1 fully saturated rings. The minimum Gasteiger partial charge on any atom is -0.459 e. The van der Waals surface area contributed by atoms with Gasteiger partial charge in [-0.25, -0.2) is 0 Å². The molecule has 2 unspecified atom stereocenters. The molecule has 3 rings (SSSR count). The van der Waals surface area contributed by atoms with Gasteiger partial charge >= 0.3 is 0 Å². The summed E-state index contributed by atoms with van der Waals surface area (Å²) >= 11 is 1.69. The van der Waals surface area contributed by atoms with Gasteiger partial charge in [-0.2, -0.15) is 0 Å². The van der Waals surface area contributed by atoms with Crippen molar-refractivity contribution >= 4 is 23.2 Å². The zero-order valence-electron chi connectivity index (χ0n) is 13.7. The molecule has 1 aliphatic heterocycles.